The van der Waals surface area contributed by atoms with Crippen LogP contribution < -0.4 is 9.47 Å². The van der Waals surface area contributed by atoms with Crippen LogP contribution in [0.5, 0.6) is 11.5 Å². The molecule has 24 heavy (non-hydrogen) atoms. The van der Waals surface area contributed by atoms with Crippen molar-refractivity contribution in [2.75, 3.05) is 40.6 Å². The molecule has 5 heteroatoms. The van der Waals surface area contributed by atoms with Crippen molar-refractivity contribution in [2.24, 2.45) is 0 Å². The molecule has 128 valence electrons. The zero-order chi connectivity index (χ0) is 17.2. The van der Waals surface area contributed by atoms with Gasteiger partial charge in [-0.1, -0.05) is 0 Å². The lowest BCUT2D eigenvalue weighted by atomic mass is 10.0. The third-order valence-electron chi connectivity index (χ3n) is 3.35. The highest BCUT2D eigenvalue weighted by Gasteiger charge is 2.09. The number of rotatable bonds is 10. The van der Waals surface area contributed by atoms with E-state index in [4.69, 9.17) is 18.9 Å². The number of carbonyl (C=O) groups excluding carboxylic acids is 1. The van der Waals surface area contributed by atoms with Crippen molar-refractivity contribution < 1.29 is 23.7 Å². The van der Waals surface area contributed by atoms with Gasteiger partial charge in [0, 0.05) is 25.3 Å². The minimum atomic E-state index is -0.0399. The van der Waals surface area contributed by atoms with Gasteiger partial charge in [-0.25, -0.2) is 0 Å². The molecule has 0 aromatic heterocycles. The number of ketones is 1. The maximum Gasteiger partial charge on any atom is 0.193 e. The van der Waals surface area contributed by atoms with Gasteiger partial charge >= 0.3 is 0 Å². The Kier molecular flexibility index (Phi) is 7.26. The molecule has 0 saturated carbocycles. The Balaban J connectivity index is 1.95. The summed E-state index contributed by atoms with van der Waals surface area (Å²) >= 11 is 0. The molecule has 2 aromatic rings. The summed E-state index contributed by atoms with van der Waals surface area (Å²) in [7, 11) is 3.25. The van der Waals surface area contributed by atoms with Gasteiger partial charge in [0.1, 0.15) is 24.7 Å². The molecule has 0 fully saturated rings. The Morgan fingerprint density at radius 3 is 1.38 bits per heavy atom. The molecule has 0 aliphatic rings. The smallest absolute Gasteiger partial charge is 0.193 e. The number of hydrogen-bond acceptors (Lipinski definition) is 5. The van der Waals surface area contributed by atoms with Crippen molar-refractivity contribution in [3.05, 3.63) is 59.7 Å². The molecular formula is C19H22O5. The van der Waals surface area contributed by atoms with E-state index < -0.39 is 0 Å². The monoisotopic (exact) mass is 330 g/mol. The Hall–Kier alpha value is -2.37. The SMILES string of the molecule is COCCOc1ccc(C(=O)c2ccc(OCCOC)cc2)cc1. The fourth-order valence-electron chi connectivity index (χ4n) is 2.06. The molecule has 0 heterocycles. The summed E-state index contributed by atoms with van der Waals surface area (Å²) in [6.07, 6.45) is 0. The summed E-state index contributed by atoms with van der Waals surface area (Å²) in [5, 5.41) is 0. The van der Waals surface area contributed by atoms with E-state index in [1.807, 2.05) is 0 Å². The molecule has 0 amide bonds. The first kappa shape index (κ1) is 18.0. The predicted molar refractivity (Wildman–Crippen MR) is 91.1 cm³/mol. The lowest BCUT2D eigenvalue weighted by Gasteiger charge is -2.08. The molecule has 0 N–H and O–H groups in total. The quantitative estimate of drug-likeness (QED) is 0.495. The maximum absolute atomic E-state index is 12.5. The van der Waals surface area contributed by atoms with Crippen molar-refractivity contribution in [2.45, 2.75) is 0 Å². The maximum atomic E-state index is 12.5. The fraction of sp³-hybridized carbons (Fsp3) is 0.316. The molecular weight excluding hydrogens is 308 g/mol. The molecule has 5 nitrogen and oxygen atoms in total. The Bertz CT molecular complexity index is 564. The van der Waals surface area contributed by atoms with Crippen molar-refractivity contribution in [3.8, 4) is 11.5 Å². The van der Waals surface area contributed by atoms with Crippen LogP contribution in [-0.4, -0.2) is 46.4 Å². The van der Waals surface area contributed by atoms with E-state index in [9.17, 15) is 4.79 Å². The van der Waals surface area contributed by atoms with Gasteiger partial charge in [0.05, 0.1) is 13.2 Å². The van der Waals surface area contributed by atoms with Crippen LogP contribution in [0.2, 0.25) is 0 Å². The van der Waals surface area contributed by atoms with E-state index in [1.54, 1.807) is 62.8 Å². The average molecular weight is 330 g/mol. The first-order valence-electron chi connectivity index (χ1n) is 7.73. The van der Waals surface area contributed by atoms with Crippen molar-refractivity contribution >= 4 is 5.78 Å². The Labute approximate surface area is 142 Å². The highest BCUT2D eigenvalue weighted by Crippen LogP contribution is 2.18. The van der Waals surface area contributed by atoms with Crippen molar-refractivity contribution in [3.63, 3.8) is 0 Å². The minimum absolute atomic E-state index is 0.0399. The van der Waals surface area contributed by atoms with Crippen LogP contribution in [0.15, 0.2) is 48.5 Å². The zero-order valence-electron chi connectivity index (χ0n) is 14.0. The van der Waals surface area contributed by atoms with Gasteiger partial charge in [-0.3, -0.25) is 4.79 Å². The molecule has 0 bridgehead atoms. The summed E-state index contributed by atoms with van der Waals surface area (Å²) in [6.45, 7) is 2.02. The van der Waals surface area contributed by atoms with Crippen LogP contribution in [0, 0.1) is 0 Å². The molecule has 2 rings (SSSR count). The topological polar surface area (TPSA) is 54.0 Å². The lowest BCUT2D eigenvalue weighted by molar-refractivity contribution is 0.103. The zero-order valence-corrected chi connectivity index (χ0v) is 14.0. The molecule has 0 saturated heterocycles. The lowest BCUT2D eigenvalue weighted by Crippen LogP contribution is -2.06. The van der Waals surface area contributed by atoms with Crippen LogP contribution in [0.4, 0.5) is 0 Å². The van der Waals surface area contributed by atoms with Gasteiger partial charge in [-0.15, -0.1) is 0 Å². The highest BCUT2D eigenvalue weighted by atomic mass is 16.5. The third kappa shape index (κ3) is 5.37. The predicted octanol–water partition coefficient (Wildman–Crippen LogP) is 2.97. The number of ether oxygens (including phenoxy) is 4. The van der Waals surface area contributed by atoms with E-state index in [2.05, 4.69) is 0 Å². The minimum Gasteiger partial charge on any atom is -0.491 e. The Morgan fingerprint density at radius 1 is 0.667 bits per heavy atom. The largest absolute Gasteiger partial charge is 0.491 e. The van der Waals surface area contributed by atoms with Crippen LogP contribution >= 0.6 is 0 Å². The molecule has 0 spiro atoms. The second-order valence-corrected chi connectivity index (χ2v) is 5.06. The molecule has 0 aliphatic heterocycles. The standard InChI is InChI=1S/C19H22O5/c1-21-11-13-23-17-7-3-15(4-8-17)19(20)16-5-9-18(10-6-16)24-14-12-22-2/h3-10H,11-14H2,1-2H3. The number of carbonyl (C=O) groups is 1. The summed E-state index contributed by atoms with van der Waals surface area (Å²) in [5.74, 6) is 1.39. The highest BCUT2D eigenvalue weighted by molar-refractivity contribution is 6.09. The average Bonchev–Trinajstić information content (AvgIpc) is 2.63. The van der Waals surface area contributed by atoms with E-state index >= 15 is 0 Å². The van der Waals surface area contributed by atoms with E-state index in [1.165, 1.54) is 0 Å². The summed E-state index contributed by atoms with van der Waals surface area (Å²) in [4.78, 5) is 12.5. The summed E-state index contributed by atoms with van der Waals surface area (Å²) < 4.78 is 20.8. The van der Waals surface area contributed by atoms with Crippen LogP contribution in [0.25, 0.3) is 0 Å². The number of methoxy groups -OCH3 is 2. The molecule has 2 aromatic carbocycles. The van der Waals surface area contributed by atoms with Crippen LogP contribution in [0.1, 0.15) is 15.9 Å². The van der Waals surface area contributed by atoms with Crippen LogP contribution in [0.3, 0.4) is 0 Å². The number of hydrogen-bond donors (Lipinski definition) is 0. The van der Waals surface area contributed by atoms with Gasteiger partial charge < -0.3 is 18.9 Å². The third-order valence-corrected chi connectivity index (χ3v) is 3.35. The summed E-state index contributed by atoms with van der Waals surface area (Å²) in [6, 6.07) is 14.2. The van der Waals surface area contributed by atoms with Gasteiger partial charge in [-0.2, -0.15) is 0 Å². The van der Waals surface area contributed by atoms with Crippen molar-refractivity contribution in [1.82, 2.24) is 0 Å². The second-order valence-electron chi connectivity index (χ2n) is 5.06. The fourth-order valence-corrected chi connectivity index (χ4v) is 2.06. The molecule has 0 atom stereocenters. The second kappa shape index (κ2) is 9.70. The molecule has 0 unspecified atom stereocenters. The Morgan fingerprint density at radius 2 is 1.04 bits per heavy atom. The molecule has 0 aliphatic carbocycles. The van der Waals surface area contributed by atoms with Crippen molar-refractivity contribution in [1.29, 1.82) is 0 Å². The normalized spacial score (nSPS) is 10.4. The first-order chi connectivity index (χ1) is 11.7. The van der Waals surface area contributed by atoms with Gasteiger partial charge in [-0.05, 0) is 48.5 Å². The number of benzene rings is 2. The van der Waals surface area contributed by atoms with Gasteiger partial charge in [0.15, 0.2) is 5.78 Å². The van der Waals surface area contributed by atoms with E-state index in [0.717, 1.165) is 0 Å². The van der Waals surface area contributed by atoms with Gasteiger partial charge in [0.2, 0.25) is 0 Å². The van der Waals surface area contributed by atoms with Crippen LogP contribution in [-0.2, 0) is 9.47 Å². The van der Waals surface area contributed by atoms with Gasteiger partial charge in [0.25, 0.3) is 0 Å². The molecule has 0 radical (unpaired) electrons. The van der Waals surface area contributed by atoms with E-state index in [0.29, 0.717) is 49.1 Å². The first-order valence-corrected chi connectivity index (χ1v) is 7.73. The van der Waals surface area contributed by atoms with E-state index in [-0.39, 0.29) is 5.78 Å². The summed E-state index contributed by atoms with van der Waals surface area (Å²) in [5.41, 5.74) is 1.23.